The lowest BCUT2D eigenvalue weighted by Crippen LogP contribution is -2.41. The van der Waals surface area contributed by atoms with Crippen LogP contribution in [0.3, 0.4) is 0 Å². The van der Waals surface area contributed by atoms with Crippen molar-refractivity contribution in [1.29, 1.82) is 0 Å². The molecular weight excluding hydrogens is 486 g/mol. The van der Waals surface area contributed by atoms with Crippen LogP contribution in [0.1, 0.15) is 49.8 Å². The summed E-state index contributed by atoms with van der Waals surface area (Å²) in [5.41, 5.74) is 4.50. The number of fused-ring (bicyclic) bond motifs is 3. The zero-order valence-electron chi connectivity index (χ0n) is 21.6. The number of anilines is 1. The van der Waals surface area contributed by atoms with Crippen LogP contribution in [0.5, 0.6) is 0 Å². The van der Waals surface area contributed by atoms with Gasteiger partial charge in [-0.05, 0) is 67.5 Å². The van der Waals surface area contributed by atoms with Gasteiger partial charge >= 0.3 is 18.2 Å². The molecule has 3 aromatic rings. The first-order valence-corrected chi connectivity index (χ1v) is 12.4. The van der Waals surface area contributed by atoms with E-state index in [2.05, 4.69) is 15.6 Å². The SMILES string of the molecule is CC(C)(C)OC(=O)Nc1ccc(CC[C@@H](NC(=O)OCC2c3ccccc3-c3ccccc32)C(=O)O)cn1. The molecule has 3 N–H and O–H groups in total. The summed E-state index contributed by atoms with van der Waals surface area (Å²) in [7, 11) is 0. The first-order chi connectivity index (χ1) is 18.1. The summed E-state index contributed by atoms with van der Waals surface area (Å²) < 4.78 is 10.7. The molecule has 9 nitrogen and oxygen atoms in total. The van der Waals surface area contributed by atoms with E-state index in [4.69, 9.17) is 9.47 Å². The molecule has 198 valence electrons. The van der Waals surface area contributed by atoms with Gasteiger partial charge in [0.2, 0.25) is 0 Å². The average Bonchev–Trinajstić information content (AvgIpc) is 3.18. The number of carbonyl (C=O) groups is 3. The van der Waals surface area contributed by atoms with Crippen LogP contribution in [0.4, 0.5) is 15.4 Å². The number of aromatic nitrogens is 1. The number of carboxylic acid groups (broad SMARTS) is 1. The van der Waals surface area contributed by atoms with Crippen molar-refractivity contribution in [1.82, 2.24) is 10.3 Å². The van der Waals surface area contributed by atoms with Crippen LogP contribution in [0.15, 0.2) is 66.9 Å². The third kappa shape index (κ3) is 6.67. The van der Waals surface area contributed by atoms with Crippen molar-refractivity contribution in [2.75, 3.05) is 11.9 Å². The average molecular weight is 518 g/mol. The molecule has 1 aromatic heterocycles. The number of nitrogens with one attached hydrogen (secondary N) is 2. The molecule has 9 heteroatoms. The summed E-state index contributed by atoms with van der Waals surface area (Å²) >= 11 is 0. The second kappa shape index (κ2) is 11.3. The predicted molar refractivity (Wildman–Crippen MR) is 142 cm³/mol. The maximum Gasteiger partial charge on any atom is 0.413 e. The number of carboxylic acids is 1. The summed E-state index contributed by atoms with van der Waals surface area (Å²) in [6.07, 6.45) is 0.629. The molecule has 0 spiro atoms. The smallest absolute Gasteiger partial charge is 0.413 e. The van der Waals surface area contributed by atoms with E-state index in [0.717, 1.165) is 27.8 Å². The molecular formula is C29H31N3O6. The van der Waals surface area contributed by atoms with E-state index in [1.54, 1.807) is 39.1 Å². The van der Waals surface area contributed by atoms with Gasteiger partial charge in [-0.1, -0.05) is 54.6 Å². The lowest BCUT2D eigenvalue weighted by atomic mass is 9.98. The normalized spacial score (nSPS) is 13.1. The molecule has 1 aliphatic carbocycles. The van der Waals surface area contributed by atoms with Crippen LogP contribution in [-0.2, 0) is 20.7 Å². The van der Waals surface area contributed by atoms with Crippen LogP contribution >= 0.6 is 0 Å². The number of aliphatic carboxylic acids is 1. The Morgan fingerprint density at radius 1 is 0.947 bits per heavy atom. The first-order valence-electron chi connectivity index (χ1n) is 12.4. The number of hydrogen-bond acceptors (Lipinski definition) is 6. The fraction of sp³-hybridized carbons (Fsp3) is 0.310. The lowest BCUT2D eigenvalue weighted by molar-refractivity contribution is -0.139. The van der Waals surface area contributed by atoms with Gasteiger partial charge < -0.3 is 19.9 Å². The highest BCUT2D eigenvalue weighted by Crippen LogP contribution is 2.44. The van der Waals surface area contributed by atoms with E-state index < -0.39 is 29.8 Å². The Bertz CT molecular complexity index is 1270. The Kier molecular flexibility index (Phi) is 7.95. The van der Waals surface area contributed by atoms with Crippen molar-refractivity contribution in [3.05, 3.63) is 83.6 Å². The summed E-state index contributed by atoms with van der Waals surface area (Å²) in [5.74, 6) is -0.959. The van der Waals surface area contributed by atoms with Gasteiger partial charge in [0.15, 0.2) is 0 Å². The molecule has 1 aliphatic rings. The van der Waals surface area contributed by atoms with Gasteiger partial charge in [0.05, 0.1) is 0 Å². The van der Waals surface area contributed by atoms with Crippen molar-refractivity contribution in [2.45, 2.75) is 51.2 Å². The van der Waals surface area contributed by atoms with Crippen molar-refractivity contribution in [3.8, 4) is 11.1 Å². The maximum atomic E-state index is 12.5. The Labute approximate surface area is 221 Å². The van der Waals surface area contributed by atoms with E-state index in [1.807, 2.05) is 48.5 Å². The highest BCUT2D eigenvalue weighted by atomic mass is 16.6. The van der Waals surface area contributed by atoms with Gasteiger partial charge in [-0.2, -0.15) is 0 Å². The molecule has 0 radical (unpaired) electrons. The summed E-state index contributed by atoms with van der Waals surface area (Å²) in [6.45, 7) is 5.39. The van der Waals surface area contributed by atoms with Crippen molar-refractivity contribution in [2.24, 2.45) is 0 Å². The minimum atomic E-state index is -1.16. The number of nitrogens with zero attached hydrogens (tertiary/aromatic N) is 1. The largest absolute Gasteiger partial charge is 0.480 e. The van der Waals surface area contributed by atoms with Crippen LogP contribution in [-0.4, -0.2) is 46.5 Å². The van der Waals surface area contributed by atoms with Crippen LogP contribution < -0.4 is 10.6 Å². The molecule has 4 rings (SSSR count). The lowest BCUT2D eigenvalue weighted by Gasteiger charge is -2.19. The van der Waals surface area contributed by atoms with Gasteiger partial charge in [-0.3, -0.25) is 5.32 Å². The second-order valence-electron chi connectivity index (χ2n) is 10.1. The van der Waals surface area contributed by atoms with Crippen LogP contribution in [0.25, 0.3) is 11.1 Å². The van der Waals surface area contributed by atoms with E-state index in [9.17, 15) is 19.5 Å². The number of carbonyl (C=O) groups excluding carboxylic acids is 2. The number of aryl methyl sites for hydroxylation is 1. The molecule has 0 saturated heterocycles. The maximum absolute atomic E-state index is 12.5. The van der Waals surface area contributed by atoms with E-state index in [-0.39, 0.29) is 18.9 Å². The highest BCUT2D eigenvalue weighted by molar-refractivity contribution is 5.83. The zero-order valence-corrected chi connectivity index (χ0v) is 21.6. The molecule has 2 aromatic carbocycles. The topological polar surface area (TPSA) is 127 Å². The number of benzene rings is 2. The third-order valence-electron chi connectivity index (χ3n) is 6.11. The van der Waals surface area contributed by atoms with Gasteiger partial charge in [0, 0.05) is 12.1 Å². The molecule has 2 amide bonds. The van der Waals surface area contributed by atoms with E-state index in [1.165, 1.54) is 0 Å². The minimum absolute atomic E-state index is 0.0994. The van der Waals surface area contributed by atoms with Crippen LogP contribution in [0, 0.1) is 0 Å². The van der Waals surface area contributed by atoms with Gasteiger partial charge in [-0.15, -0.1) is 0 Å². The third-order valence-corrected chi connectivity index (χ3v) is 6.11. The van der Waals surface area contributed by atoms with E-state index >= 15 is 0 Å². The minimum Gasteiger partial charge on any atom is -0.480 e. The first kappa shape index (κ1) is 26.7. The Balaban J connectivity index is 1.30. The molecule has 1 heterocycles. The predicted octanol–water partition coefficient (Wildman–Crippen LogP) is 5.35. The Morgan fingerprint density at radius 3 is 2.13 bits per heavy atom. The van der Waals surface area contributed by atoms with Crippen molar-refractivity contribution < 1.29 is 29.0 Å². The summed E-state index contributed by atoms with van der Waals surface area (Å²) in [6, 6.07) is 18.2. The number of rotatable bonds is 8. The standard InChI is InChI=1S/C29H31N3O6/c1-29(2,3)38-28(36)32-25-15-13-18(16-30-25)12-14-24(26(33)34)31-27(35)37-17-23-21-10-6-4-8-19(21)20-9-5-7-11-22(20)23/h4-11,13,15-16,23-24H,12,14,17H2,1-3H3,(H,31,35)(H,33,34)(H,30,32,36)/t24-/m1/s1. The fourth-order valence-electron chi connectivity index (χ4n) is 4.41. The molecule has 0 fully saturated rings. The zero-order chi connectivity index (χ0) is 27.3. The number of ether oxygens (including phenoxy) is 2. The number of alkyl carbamates (subject to hydrolysis) is 1. The molecule has 0 aliphatic heterocycles. The Morgan fingerprint density at radius 2 is 1.58 bits per heavy atom. The molecule has 0 unspecified atom stereocenters. The molecule has 38 heavy (non-hydrogen) atoms. The van der Waals surface area contributed by atoms with Gasteiger partial charge in [0.25, 0.3) is 0 Å². The second-order valence-corrected chi connectivity index (χ2v) is 10.1. The van der Waals surface area contributed by atoms with Gasteiger partial charge in [-0.25, -0.2) is 19.4 Å². The summed E-state index contributed by atoms with van der Waals surface area (Å²) in [5, 5.41) is 14.6. The monoisotopic (exact) mass is 517 g/mol. The van der Waals surface area contributed by atoms with Crippen molar-refractivity contribution >= 4 is 24.0 Å². The van der Waals surface area contributed by atoms with Crippen molar-refractivity contribution in [3.63, 3.8) is 0 Å². The highest BCUT2D eigenvalue weighted by Gasteiger charge is 2.29. The number of amides is 2. The fourth-order valence-corrected chi connectivity index (χ4v) is 4.41. The number of hydrogen-bond donors (Lipinski definition) is 3. The molecule has 1 atom stereocenters. The van der Waals surface area contributed by atoms with Crippen LogP contribution in [0.2, 0.25) is 0 Å². The van der Waals surface area contributed by atoms with E-state index in [0.29, 0.717) is 12.2 Å². The summed E-state index contributed by atoms with van der Waals surface area (Å²) in [4.78, 5) is 40.4. The number of pyridine rings is 1. The molecule has 0 bridgehead atoms. The molecule has 0 saturated carbocycles. The Hall–Kier alpha value is -4.40. The van der Waals surface area contributed by atoms with Gasteiger partial charge in [0.1, 0.15) is 24.1 Å². The quantitative estimate of drug-likeness (QED) is 0.367.